The standard InChI is InChI=1S/C13H24N4/c1-5-17(6-2)9-11(4)16-13-7-12(14)10(3)8-15-13/h7-8,11H,5-6,9H2,1-4H3,(H3,14,15,16). The number of anilines is 2. The van der Waals surface area contributed by atoms with Crippen LogP contribution in [0.3, 0.4) is 0 Å². The molecule has 96 valence electrons. The SMILES string of the molecule is CCN(CC)CC(C)Nc1cc(N)c(C)cn1. The van der Waals surface area contributed by atoms with E-state index in [2.05, 4.69) is 36.0 Å². The summed E-state index contributed by atoms with van der Waals surface area (Å²) in [4.78, 5) is 6.71. The Balaban J connectivity index is 2.55. The van der Waals surface area contributed by atoms with Crippen LogP contribution in [0.4, 0.5) is 11.5 Å². The summed E-state index contributed by atoms with van der Waals surface area (Å²) < 4.78 is 0. The third-order valence-electron chi connectivity index (χ3n) is 2.97. The summed E-state index contributed by atoms with van der Waals surface area (Å²) in [6.45, 7) is 11.7. The maximum absolute atomic E-state index is 5.86. The van der Waals surface area contributed by atoms with Crippen molar-refractivity contribution in [2.24, 2.45) is 0 Å². The van der Waals surface area contributed by atoms with Crippen molar-refractivity contribution in [3.8, 4) is 0 Å². The fourth-order valence-electron chi connectivity index (χ4n) is 1.79. The molecule has 0 saturated carbocycles. The number of likely N-dealkylation sites (N-methyl/N-ethyl adjacent to an activating group) is 1. The van der Waals surface area contributed by atoms with Gasteiger partial charge in [0.1, 0.15) is 5.82 Å². The topological polar surface area (TPSA) is 54.2 Å². The first-order valence-corrected chi connectivity index (χ1v) is 6.27. The number of rotatable bonds is 6. The van der Waals surface area contributed by atoms with Crippen LogP contribution in [-0.2, 0) is 0 Å². The summed E-state index contributed by atoms with van der Waals surface area (Å²) in [6, 6.07) is 2.26. The zero-order valence-electron chi connectivity index (χ0n) is 11.3. The molecule has 1 heterocycles. The number of nitrogens with two attached hydrogens (primary N) is 1. The van der Waals surface area contributed by atoms with E-state index >= 15 is 0 Å². The lowest BCUT2D eigenvalue weighted by Gasteiger charge is -2.23. The molecule has 0 spiro atoms. The van der Waals surface area contributed by atoms with Crippen LogP contribution in [0.5, 0.6) is 0 Å². The van der Waals surface area contributed by atoms with Crippen molar-refractivity contribution >= 4 is 11.5 Å². The minimum Gasteiger partial charge on any atom is -0.398 e. The maximum atomic E-state index is 5.86. The van der Waals surface area contributed by atoms with E-state index in [-0.39, 0.29) is 0 Å². The molecule has 4 nitrogen and oxygen atoms in total. The van der Waals surface area contributed by atoms with Gasteiger partial charge < -0.3 is 16.0 Å². The van der Waals surface area contributed by atoms with E-state index in [0.717, 1.165) is 36.7 Å². The Labute approximate surface area is 104 Å². The van der Waals surface area contributed by atoms with Gasteiger partial charge in [-0.25, -0.2) is 4.98 Å². The summed E-state index contributed by atoms with van der Waals surface area (Å²) in [5, 5.41) is 3.38. The van der Waals surface area contributed by atoms with E-state index < -0.39 is 0 Å². The summed E-state index contributed by atoms with van der Waals surface area (Å²) in [6.07, 6.45) is 1.81. The molecule has 0 bridgehead atoms. The van der Waals surface area contributed by atoms with Crippen molar-refractivity contribution in [1.82, 2.24) is 9.88 Å². The van der Waals surface area contributed by atoms with Crippen LogP contribution in [0.1, 0.15) is 26.3 Å². The largest absolute Gasteiger partial charge is 0.398 e. The Morgan fingerprint density at radius 3 is 2.59 bits per heavy atom. The molecule has 17 heavy (non-hydrogen) atoms. The van der Waals surface area contributed by atoms with Gasteiger partial charge in [0, 0.05) is 30.5 Å². The highest BCUT2D eigenvalue weighted by Crippen LogP contribution is 2.14. The molecule has 1 unspecified atom stereocenters. The fourth-order valence-corrected chi connectivity index (χ4v) is 1.79. The molecule has 0 radical (unpaired) electrons. The van der Waals surface area contributed by atoms with Gasteiger partial charge in [-0.1, -0.05) is 13.8 Å². The Hall–Kier alpha value is -1.29. The van der Waals surface area contributed by atoms with E-state index in [0.29, 0.717) is 6.04 Å². The van der Waals surface area contributed by atoms with Gasteiger partial charge in [0.25, 0.3) is 0 Å². The monoisotopic (exact) mass is 236 g/mol. The quantitative estimate of drug-likeness (QED) is 0.794. The molecule has 1 aromatic rings. The number of aryl methyl sites for hydroxylation is 1. The highest BCUT2D eigenvalue weighted by molar-refractivity contribution is 5.53. The third-order valence-corrected chi connectivity index (χ3v) is 2.97. The Morgan fingerprint density at radius 1 is 1.41 bits per heavy atom. The number of hydrogen-bond donors (Lipinski definition) is 2. The van der Waals surface area contributed by atoms with Gasteiger partial charge in [0.15, 0.2) is 0 Å². The fraction of sp³-hybridized carbons (Fsp3) is 0.615. The van der Waals surface area contributed by atoms with Crippen molar-refractivity contribution in [1.29, 1.82) is 0 Å². The Morgan fingerprint density at radius 2 is 2.06 bits per heavy atom. The maximum Gasteiger partial charge on any atom is 0.128 e. The van der Waals surface area contributed by atoms with Crippen LogP contribution in [0, 0.1) is 6.92 Å². The Kier molecular flexibility index (Phi) is 5.22. The molecule has 0 aliphatic heterocycles. The molecule has 1 rings (SSSR count). The van der Waals surface area contributed by atoms with E-state index in [1.54, 1.807) is 0 Å². The molecule has 0 saturated heterocycles. The molecule has 3 N–H and O–H groups in total. The number of nitrogens with one attached hydrogen (secondary N) is 1. The molecular weight excluding hydrogens is 212 g/mol. The number of pyridine rings is 1. The molecule has 0 aliphatic rings. The van der Waals surface area contributed by atoms with Crippen LogP contribution >= 0.6 is 0 Å². The van der Waals surface area contributed by atoms with E-state index in [4.69, 9.17) is 5.73 Å². The smallest absolute Gasteiger partial charge is 0.128 e. The number of aromatic nitrogens is 1. The van der Waals surface area contributed by atoms with Gasteiger partial charge in [0.2, 0.25) is 0 Å². The van der Waals surface area contributed by atoms with Crippen LogP contribution in [-0.4, -0.2) is 35.6 Å². The molecule has 1 atom stereocenters. The lowest BCUT2D eigenvalue weighted by atomic mass is 10.2. The van der Waals surface area contributed by atoms with Crippen molar-refractivity contribution in [2.45, 2.75) is 33.7 Å². The molecule has 4 heteroatoms. The van der Waals surface area contributed by atoms with Gasteiger partial charge in [-0.15, -0.1) is 0 Å². The molecule has 0 fully saturated rings. The molecule has 0 amide bonds. The normalized spacial score (nSPS) is 12.8. The summed E-state index contributed by atoms with van der Waals surface area (Å²) >= 11 is 0. The zero-order valence-corrected chi connectivity index (χ0v) is 11.3. The van der Waals surface area contributed by atoms with Crippen LogP contribution < -0.4 is 11.1 Å². The predicted molar refractivity (Wildman–Crippen MR) is 74.3 cm³/mol. The second kappa shape index (κ2) is 6.45. The first-order valence-electron chi connectivity index (χ1n) is 6.27. The zero-order chi connectivity index (χ0) is 12.8. The Bertz CT molecular complexity index is 347. The number of hydrogen-bond acceptors (Lipinski definition) is 4. The summed E-state index contributed by atoms with van der Waals surface area (Å²) in [5.41, 5.74) is 7.67. The number of nitrogen functional groups attached to an aromatic ring is 1. The predicted octanol–water partition coefficient (Wildman–Crippen LogP) is 2.11. The summed E-state index contributed by atoms with van der Waals surface area (Å²) in [5.74, 6) is 0.854. The average molecular weight is 236 g/mol. The molecule has 0 aliphatic carbocycles. The van der Waals surface area contributed by atoms with Gasteiger partial charge in [0.05, 0.1) is 0 Å². The second-order valence-electron chi connectivity index (χ2n) is 4.46. The van der Waals surface area contributed by atoms with E-state index in [1.807, 2.05) is 19.2 Å². The first kappa shape index (κ1) is 13.8. The van der Waals surface area contributed by atoms with Gasteiger partial charge in [-0.2, -0.15) is 0 Å². The van der Waals surface area contributed by atoms with Gasteiger partial charge in [-0.05, 0) is 32.5 Å². The molecule has 0 aromatic carbocycles. The van der Waals surface area contributed by atoms with Gasteiger partial charge in [-0.3, -0.25) is 0 Å². The van der Waals surface area contributed by atoms with Crippen LogP contribution in [0.15, 0.2) is 12.3 Å². The van der Waals surface area contributed by atoms with Crippen molar-refractivity contribution in [2.75, 3.05) is 30.7 Å². The second-order valence-corrected chi connectivity index (χ2v) is 4.46. The van der Waals surface area contributed by atoms with Crippen molar-refractivity contribution in [3.05, 3.63) is 17.8 Å². The minimum absolute atomic E-state index is 0.365. The van der Waals surface area contributed by atoms with E-state index in [9.17, 15) is 0 Å². The lowest BCUT2D eigenvalue weighted by molar-refractivity contribution is 0.294. The van der Waals surface area contributed by atoms with E-state index in [1.165, 1.54) is 0 Å². The van der Waals surface area contributed by atoms with Crippen LogP contribution in [0.2, 0.25) is 0 Å². The molecular formula is C13H24N4. The summed E-state index contributed by atoms with van der Waals surface area (Å²) in [7, 11) is 0. The van der Waals surface area contributed by atoms with Crippen molar-refractivity contribution < 1.29 is 0 Å². The number of nitrogens with zero attached hydrogens (tertiary/aromatic N) is 2. The van der Waals surface area contributed by atoms with Gasteiger partial charge >= 0.3 is 0 Å². The third kappa shape index (κ3) is 4.23. The van der Waals surface area contributed by atoms with Crippen LogP contribution in [0.25, 0.3) is 0 Å². The highest BCUT2D eigenvalue weighted by Gasteiger charge is 2.08. The minimum atomic E-state index is 0.365. The first-order chi connectivity index (χ1) is 8.06. The highest BCUT2D eigenvalue weighted by atomic mass is 15.1. The molecule has 1 aromatic heterocycles. The van der Waals surface area contributed by atoms with Crippen molar-refractivity contribution in [3.63, 3.8) is 0 Å². The average Bonchev–Trinajstić information content (AvgIpc) is 2.31. The lowest BCUT2D eigenvalue weighted by Crippen LogP contribution is -2.34.